The molecule has 2 aromatic carbocycles. The number of nitrogens with zero attached hydrogens (tertiary/aromatic N) is 1. The zero-order valence-corrected chi connectivity index (χ0v) is 15.5. The van der Waals surface area contributed by atoms with Crippen LogP contribution in [-0.4, -0.2) is 32.8 Å². The normalized spacial score (nSPS) is 22.6. The largest absolute Gasteiger partial charge is 0.508 e. The van der Waals surface area contributed by atoms with E-state index in [2.05, 4.69) is 0 Å². The molecule has 0 spiro atoms. The van der Waals surface area contributed by atoms with E-state index in [1.807, 2.05) is 6.07 Å². The number of carbonyl (C=O) groups is 2. The number of aromatic hydroxyl groups is 1. The van der Waals surface area contributed by atoms with Crippen LogP contribution in [0.2, 0.25) is 0 Å². The molecule has 0 bridgehead atoms. The average molecular weight is 377 g/mol. The first-order valence-corrected chi connectivity index (χ1v) is 9.72. The summed E-state index contributed by atoms with van der Waals surface area (Å²) in [5.74, 6) is -1.35. The number of benzene rings is 2. The van der Waals surface area contributed by atoms with Crippen molar-refractivity contribution in [3.8, 4) is 5.75 Å². The Hall–Kier alpha value is -3.08. The Morgan fingerprint density at radius 1 is 0.929 bits per heavy atom. The zero-order valence-electron chi connectivity index (χ0n) is 15.5. The highest BCUT2D eigenvalue weighted by molar-refractivity contribution is 6.46. The second-order valence-corrected chi connectivity index (χ2v) is 7.46. The monoisotopic (exact) mass is 377 g/mol. The number of ketones is 1. The number of aliphatic hydroxyl groups excluding tert-OH is 1. The number of amides is 1. The summed E-state index contributed by atoms with van der Waals surface area (Å²) in [4.78, 5) is 27.6. The van der Waals surface area contributed by atoms with E-state index in [9.17, 15) is 19.8 Å². The van der Waals surface area contributed by atoms with E-state index in [1.165, 1.54) is 0 Å². The molecule has 1 unspecified atom stereocenters. The third kappa shape index (κ3) is 3.17. The molecule has 1 heterocycles. The molecule has 144 valence electrons. The third-order valence-corrected chi connectivity index (χ3v) is 5.68. The highest BCUT2D eigenvalue weighted by Gasteiger charge is 2.48. The van der Waals surface area contributed by atoms with Gasteiger partial charge in [0.1, 0.15) is 11.5 Å². The van der Waals surface area contributed by atoms with Crippen LogP contribution < -0.4 is 0 Å². The molecule has 5 nitrogen and oxygen atoms in total. The molecular weight excluding hydrogens is 354 g/mol. The maximum absolute atomic E-state index is 13.0. The molecule has 2 fully saturated rings. The number of phenolic OH excluding ortho intramolecular Hbond substituents is 1. The Balaban J connectivity index is 1.88. The first kappa shape index (κ1) is 18.3. The number of phenols is 1. The summed E-state index contributed by atoms with van der Waals surface area (Å²) in [5.41, 5.74) is 1.21. The minimum absolute atomic E-state index is 0.0429. The van der Waals surface area contributed by atoms with Gasteiger partial charge < -0.3 is 15.1 Å². The lowest BCUT2D eigenvalue weighted by Crippen LogP contribution is -2.40. The van der Waals surface area contributed by atoms with Gasteiger partial charge >= 0.3 is 0 Å². The number of carbonyl (C=O) groups excluding carboxylic acids is 2. The molecule has 1 amide bonds. The third-order valence-electron chi connectivity index (χ3n) is 5.68. The van der Waals surface area contributed by atoms with Gasteiger partial charge in [-0.05, 0) is 30.5 Å². The average Bonchev–Trinajstić information content (AvgIpc) is 3.00. The SMILES string of the molecule is O=C1C(=O)N(C2CCCCC2)C(c2cccc(O)c2)/C1=C(/O)c1ccccc1. The molecule has 1 saturated heterocycles. The van der Waals surface area contributed by atoms with Gasteiger partial charge in [-0.3, -0.25) is 9.59 Å². The van der Waals surface area contributed by atoms with Crippen molar-refractivity contribution in [3.63, 3.8) is 0 Å². The molecule has 28 heavy (non-hydrogen) atoms. The van der Waals surface area contributed by atoms with Crippen LogP contribution in [0.15, 0.2) is 60.2 Å². The minimum Gasteiger partial charge on any atom is -0.508 e. The van der Waals surface area contributed by atoms with Crippen molar-refractivity contribution in [1.82, 2.24) is 4.90 Å². The first-order valence-electron chi connectivity index (χ1n) is 9.72. The van der Waals surface area contributed by atoms with E-state index in [-0.39, 0.29) is 23.1 Å². The lowest BCUT2D eigenvalue weighted by Gasteiger charge is -2.35. The summed E-state index contributed by atoms with van der Waals surface area (Å²) in [7, 11) is 0. The van der Waals surface area contributed by atoms with Crippen molar-refractivity contribution in [2.24, 2.45) is 0 Å². The first-order chi connectivity index (χ1) is 13.6. The molecule has 1 atom stereocenters. The minimum atomic E-state index is -0.699. The molecule has 1 saturated carbocycles. The van der Waals surface area contributed by atoms with Crippen LogP contribution in [0.25, 0.3) is 5.76 Å². The molecule has 1 aliphatic heterocycles. The van der Waals surface area contributed by atoms with Gasteiger partial charge in [-0.1, -0.05) is 61.7 Å². The molecule has 2 N–H and O–H groups in total. The van der Waals surface area contributed by atoms with Crippen LogP contribution >= 0.6 is 0 Å². The lowest BCUT2D eigenvalue weighted by molar-refractivity contribution is -0.141. The van der Waals surface area contributed by atoms with Crippen LogP contribution in [0.1, 0.15) is 49.3 Å². The summed E-state index contributed by atoms with van der Waals surface area (Å²) >= 11 is 0. The summed E-state index contributed by atoms with van der Waals surface area (Å²) in [6, 6.07) is 14.6. The van der Waals surface area contributed by atoms with Crippen molar-refractivity contribution in [2.45, 2.75) is 44.2 Å². The Bertz CT molecular complexity index is 929. The quantitative estimate of drug-likeness (QED) is 0.479. The Morgan fingerprint density at radius 3 is 2.32 bits per heavy atom. The van der Waals surface area contributed by atoms with E-state index in [4.69, 9.17) is 0 Å². The molecule has 2 aromatic rings. The maximum atomic E-state index is 13.0. The number of hydrogen-bond donors (Lipinski definition) is 2. The van der Waals surface area contributed by atoms with Gasteiger partial charge in [0.05, 0.1) is 11.6 Å². The number of Topliss-reactive ketones (excluding diaryl/α,β-unsaturated/α-hetero) is 1. The Kier molecular flexibility index (Phi) is 4.90. The van der Waals surface area contributed by atoms with E-state index >= 15 is 0 Å². The van der Waals surface area contributed by atoms with Crippen LogP contribution in [0.3, 0.4) is 0 Å². The fraction of sp³-hybridized carbons (Fsp3) is 0.304. The van der Waals surface area contributed by atoms with E-state index in [0.29, 0.717) is 11.1 Å². The van der Waals surface area contributed by atoms with Gasteiger partial charge in [0.25, 0.3) is 11.7 Å². The summed E-state index contributed by atoms with van der Waals surface area (Å²) in [5, 5.41) is 20.9. The van der Waals surface area contributed by atoms with Gasteiger partial charge in [-0.25, -0.2) is 0 Å². The predicted octanol–water partition coefficient (Wildman–Crippen LogP) is 4.15. The smallest absolute Gasteiger partial charge is 0.295 e. The van der Waals surface area contributed by atoms with E-state index < -0.39 is 17.7 Å². The molecular formula is C23H23NO4. The van der Waals surface area contributed by atoms with E-state index in [1.54, 1.807) is 53.4 Å². The fourth-order valence-electron chi connectivity index (χ4n) is 4.36. The van der Waals surface area contributed by atoms with E-state index in [0.717, 1.165) is 32.1 Å². The number of aliphatic hydroxyl groups is 1. The van der Waals surface area contributed by atoms with Gasteiger partial charge in [0, 0.05) is 11.6 Å². The molecule has 0 aromatic heterocycles. The fourth-order valence-corrected chi connectivity index (χ4v) is 4.36. The van der Waals surface area contributed by atoms with Crippen LogP contribution in [0, 0.1) is 0 Å². The summed E-state index contributed by atoms with van der Waals surface area (Å²) in [6.07, 6.45) is 4.83. The van der Waals surface area contributed by atoms with Crippen molar-refractivity contribution >= 4 is 17.4 Å². The standard InChI is InChI=1S/C23H23NO4/c25-18-13-7-10-16(14-18)20-19(21(26)15-8-3-1-4-9-15)22(27)23(28)24(20)17-11-5-2-6-12-17/h1,3-4,7-10,13-14,17,20,25-26H,2,5-6,11-12H2/b21-19-. The van der Waals surface area contributed by atoms with Crippen molar-refractivity contribution in [1.29, 1.82) is 0 Å². The maximum Gasteiger partial charge on any atom is 0.295 e. The summed E-state index contributed by atoms with van der Waals surface area (Å²) < 4.78 is 0. The Morgan fingerprint density at radius 2 is 1.64 bits per heavy atom. The predicted molar refractivity (Wildman–Crippen MR) is 106 cm³/mol. The lowest BCUT2D eigenvalue weighted by atomic mass is 9.91. The highest BCUT2D eigenvalue weighted by atomic mass is 16.3. The van der Waals surface area contributed by atoms with Crippen LogP contribution in [-0.2, 0) is 9.59 Å². The molecule has 4 rings (SSSR count). The van der Waals surface area contributed by atoms with Crippen molar-refractivity contribution in [3.05, 3.63) is 71.3 Å². The molecule has 1 aliphatic carbocycles. The number of hydrogen-bond acceptors (Lipinski definition) is 4. The number of rotatable bonds is 3. The second kappa shape index (κ2) is 7.50. The highest BCUT2D eigenvalue weighted by Crippen LogP contribution is 2.43. The van der Waals surface area contributed by atoms with Crippen molar-refractivity contribution < 1.29 is 19.8 Å². The topological polar surface area (TPSA) is 77.8 Å². The molecule has 0 radical (unpaired) electrons. The number of likely N-dealkylation sites (tertiary alicyclic amines) is 1. The van der Waals surface area contributed by atoms with Crippen LogP contribution in [0.4, 0.5) is 0 Å². The Labute approximate surface area is 163 Å². The molecule has 2 aliphatic rings. The second-order valence-electron chi connectivity index (χ2n) is 7.46. The van der Waals surface area contributed by atoms with Crippen LogP contribution in [0.5, 0.6) is 5.75 Å². The van der Waals surface area contributed by atoms with Gasteiger partial charge in [0.15, 0.2) is 0 Å². The van der Waals surface area contributed by atoms with Gasteiger partial charge in [0.2, 0.25) is 0 Å². The molecule has 5 heteroatoms. The van der Waals surface area contributed by atoms with Gasteiger partial charge in [-0.2, -0.15) is 0 Å². The zero-order chi connectivity index (χ0) is 19.7. The van der Waals surface area contributed by atoms with Crippen molar-refractivity contribution in [2.75, 3.05) is 0 Å². The summed E-state index contributed by atoms with van der Waals surface area (Å²) in [6.45, 7) is 0. The van der Waals surface area contributed by atoms with Gasteiger partial charge in [-0.15, -0.1) is 0 Å².